The van der Waals surface area contributed by atoms with Gasteiger partial charge in [0, 0.05) is 0 Å². The summed E-state index contributed by atoms with van der Waals surface area (Å²) in [6, 6.07) is 37.9. The van der Waals surface area contributed by atoms with Crippen LogP contribution in [0.25, 0.3) is 66.4 Å². The summed E-state index contributed by atoms with van der Waals surface area (Å²) in [6.07, 6.45) is 2.06. The molecule has 0 fully saturated rings. The SMILES string of the molecule is CCc1ccc2[cH-]c(-c3cc(C)c(C)o3)cc2c1-c1cc([Si](C)(C)C)cc([Si](C)(C)C)c1.CCc1ccc2[cH-]c(-c3cc(C)c(C)o3)cc2c1-c1cc([Si](C)(C)C)cc([Si](C)(C)C)c1.C[Si](C)=[Zr]([Cl])[Cl]. The second kappa shape index (κ2) is 22.0. The van der Waals surface area contributed by atoms with Crippen molar-refractivity contribution >= 4 is 97.0 Å². The number of furan rings is 2. The van der Waals surface area contributed by atoms with Crippen molar-refractivity contribution in [3.8, 4) is 44.9 Å². The minimum atomic E-state index is -1.65. The van der Waals surface area contributed by atoms with Crippen LogP contribution in [-0.2, 0) is 30.8 Å². The fourth-order valence-electron chi connectivity index (χ4n) is 8.92. The quantitative estimate of drug-likeness (QED) is 0.101. The number of aryl methyl sites for hydroxylation is 6. The van der Waals surface area contributed by atoms with E-state index in [0.717, 1.165) is 35.9 Å². The van der Waals surface area contributed by atoms with Crippen LogP contribution in [0.5, 0.6) is 0 Å². The second-order valence-electron chi connectivity index (χ2n) is 24.0. The zero-order valence-corrected chi connectivity index (χ0v) is 55.2. The standard InChI is InChI=1S/2C29H37OSi2.C2H6Si.2ClH.Zr/c2*1-10-21-11-12-22-14-23(28-13-19(2)20(3)30-28)17-27(22)29(21)24-15-25(31(4,5)6)18-26(16-24)32(7,8)9;1-3-2;;;/h2*11-18H,10H2,1-9H3;1-2H3;2*1H;/q2*-1;;;;+2/p-2. The van der Waals surface area contributed by atoms with Gasteiger partial charge in [-0.15, -0.1) is 57.9 Å². The molecule has 6 aromatic carbocycles. The van der Waals surface area contributed by atoms with Crippen molar-refractivity contribution in [1.82, 2.24) is 0 Å². The first-order chi connectivity index (χ1) is 32.4. The Labute approximate surface area is 441 Å². The fraction of sp³-hybridized carbons (Fsp3) is 0.367. The molecule has 372 valence electrons. The molecule has 8 rings (SSSR count). The van der Waals surface area contributed by atoms with Crippen molar-refractivity contribution in [1.29, 1.82) is 0 Å². The third kappa shape index (κ3) is 13.1. The van der Waals surface area contributed by atoms with E-state index in [1.807, 2.05) is 13.8 Å². The summed E-state index contributed by atoms with van der Waals surface area (Å²) in [4.78, 5) is 0. The molecule has 0 aliphatic rings. The van der Waals surface area contributed by atoms with Gasteiger partial charge >= 0.3 is 53.5 Å². The van der Waals surface area contributed by atoms with Crippen molar-refractivity contribution in [2.45, 2.75) is 146 Å². The summed E-state index contributed by atoms with van der Waals surface area (Å²) < 4.78 is 12.1. The molecule has 0 saturated carbocycles. The van der Waals surface area contributed by atoms with E-state index in [9.17, 15) is 0 Å². The maximum absolute atomic E-state index is 6.07. The molecular weight excluding hydrogens is 1060 g/mol. The molecule has 0 aliphatic carbocycles. The van der Waals surface area contributed by atoms with Gasteiger partial charge in [-0.3, -0.25) is 0 Å². The molecule has 70 heavy (non-hydrogen) atoms. The summed E-state index contributed by atoms with van der Waals surface area (Å²) in [6.45, 7) is 46.7. The molecule has 2 aromatic heterocycles. The molecule has 0 unspecified atom stereocenters. The molecule has 0 radical (unpaired) electrons. The van der Waals surface area contributed by atoms with Crippen LogP contribution in [-0.4, -0.2) is 37.7 Å². The van der Waals surface area contributed by atoms with Crippen LogP contribution in [0.15, 0.2) is 106 Å². The molecule has 8 aromatic rings. The van der Waals surface area contributed by atoms with Crippen molar-refractivity contribution in [2.75, 3.05) is 0 Å². The molecule has 2 heterocycles. The van der Waals surface area contributed by atoms with Crippen LogP contribution in [0.1, 0.15) is 47.6 Å². The van der Waals surface area contributed by atoms with Gasteiger partial charge in [0.15, 0.2) is 0 Å². The number of hydrogen-bond donors (Lipinski definition) is 0. The summed E-state index contributed by atoms with van der Waals surface area (Å²) in [5, 5.41) is 11.6. The Kier molecular flexibility index (Phi) is 17.7. The van der Waals surface area contributed by atoms with Gasteiger partial charge in [-0.05, 0) is 86.1 Å². The van der Waals surface area contributed by atoms with Crippen molar-refractivity contribution in [3.63, 3.8) is 0 Å². The van der Waals surface area contributed by atoms with E-state index in [-0.39, 0.29) is 5.43 Å². The average Bonchev–Trinajstić information content (AvgIpc) is 4.06. The first-order valence-electron chi connectivity index (χ1n) is 25.3. The fourth-order valence-corrected chi connectivity index (χ4v) is 13.9. The summed E-state index contributed by atoms with van der Waals surface area (Å²) >= 11 is -1.65. The van der Waals surface area contributed by atoms with Gasteiger partial charge in [0.1, 0.15) is 0 Å². The first kappa shape index (κ1) is 56.5. The number of benzene rings is 4. The van der Waals surface area contributed by atoms with E-state index in [2.05, 4.69) is 216 Å². The molecule has 0 saturated heterocycles. The van der Waals surface area contributed by atoms with Gasteiger partial charge in [-0.1, -0.05) is 184 Å². The Morgan fingerprint density at radius 3 is 1.00 bits per heavy atom. The zero-order valence-electron chi connectivity index (χ0n) is 46.2. The second-order valence-corrected chi connectivity index (χ2v) is 67.2. The molecule has 0 amide bonds. The summed E-state index contributed by atoms with van der Waals surface area (Å²) in [5.74, 6) is 3.95. The Bertz CT molecular complexity index is 2880. The van der Waals surface area contributed by atoms with Crippen LogP contribution in [0, 0.1) is 27.7 Å². The van der Waals surface area contributed by atoms with Gasteiger partial charge in [0.05, 0.1) is 55.3 Å². The average molecular weight is 1140 g/mol. The molecule has 0 spiro atoms. The molecule has 2 nitrogen and oxygen atoms in total. The normalized spacial score (nSPS) is 12.3. The summed E-state index contributed by atoms with van der Waals surface area (Å²) in [7, 11) is 5.45. The third-order valence-electron chi connectivity index (χ3n) is 13.9. The van der Waals surface area contributed by atoms with Crippen LogP contribution in [0.4, 0.5) is 0 Å². The van der Waals surface area contributed by atoms with Crippen molar-refractivity contribution < 1.29 is 26.8 Å². The van der Waals surface area contributed by atoms with Gasteiger partial charge < -0.3 is 8.83 Å². The van der Waals surface area contributed by atoms with Gasteiger partial charge in [-0.25, -0.2) is 0 Å². The summed E-state index contributed by atoms with van der Waals surface area (Å²) in [5.41, 5.74) is 13.0. The molecule has 0 atom stereocenters. The van der Waals surface area contributed by atoms with Gasteiger partial charge in [0.25, 0.3) is 0 Å². The Morgan fingerprint density at radius 2 is 0.771 bits per heavy atom. The number of rotatable bonds is 10. The van der Waals surface area contributed by atoms with Crippen molar-refractivity contribution in [2.24, 2.45) is 0 Å². The zero-order chi connectivity index (χ0) is 52.0. The van der Waals surface area contributed by atoms with Gasteiger partial charge in [0.2, 0.25) is 0 Å². The van der Waals surface area contributed by atoms with Gasteiger partial charge in [-0.2, -0.15) is 0 Å². The Hall–Kier alpha value is -2.79. The molecular formula is C60H80Cl2O2Si5Zr-2. The Morgan fingerprint density at radius 1 is 0.471 bits per heavy atom. The van der Waals surface area contributed by atoms with E-state index in [1.54, 1.807) is 20.7 Å². The predicted octanol–water partition coefficient (Wildman–Crippen LogP) is 17.7. The molecule has 0 aliphatic heterocycles. The number of fused-ring (bicyclic) bond motifs is 2. The predicted molar refractivity (Wildman–Crippen MR) is 324 cm³/mol. The third-order valence-corrected chi connectivity index (χ3v) is 41.7. The number of halogens is 2. The van der Waals surface area contributed by atoms with Crippen LogP contribution in [0.3, 0.4) is 0 Å². The number of hydrogen-bond acceptors (Lipinski definition) is 2. The maximum atomic E-state index is 6.07. The van der Waals surface area contributed by atoms with E-state index < -0.39 is 50.3 Å². The monoisotopic (exact) mass is 1130 g/mol. The molecule has 0 N–H and O–H groups in total. The molecule has 0 bridgehead atoms. The topological polar surface area (TPSA) is 26.3 Å². The van der Waals surface area contributed by atoms with E-state index in [4.69, 9.17) is 25.9 Å². The first-order valence-corrected chi connectivity index (χ1v) is 51.8. The van der Waals surface area contributed by atoms with E-state index in [0.29, 0.717) is 0 Å². The van der Waals surface area contributed by atoms with E-state index in [1.165, 1.54) is 77.2 Å². The van der Waals surface area contributed by atoms with Crippen LogP contribution < -0.4 is 20.7 Å². The minimum absolute atomic E-state index is 0.224. The van der Waals surface area contributed by atoms with E-state index >= 15 is 0 Å². The van der Waals surface area contributed by atoms with Crippen LogP contribution in [0.2, 0.25) is 91.7 Å². The Balaban J connectivity index is 0.000000206. The molecule has 10 heteroatoms. The van der Waals surface area contributed by atoms with Crippen molar-refractivity contribution in [3.05, 3.63) is 131 Å². The van der Waals surface area contributed by atoms with Crippen LogP contribution >= 0.6 is 17.0 Å².